The summed E-state index contributed by atoms with van der Waals surface area (Å²) in [6.45, 7) is 11.7. The maximum absolute atomic E-state index is 12.7. The highest BCUT2D eigenvalue weighted by Crippen LogP contribution is 2.32. The molecule has 2 N–H and O–H groups in total. The molecule has 0 aromatic rings. The Morgan fingerprint density at radius 2 is 1.95 bits per heavy atom. The van der Waals surface area contributed by atoms with Gasteiger partial charge in [0.15, 0.2) is 0 Å². The average Bonchev–Trinajstić information content (AvgIpc) is 2.44. The number of rotatable bonds is 4. The van der Waals surface area contributed by atoms with Crippen molar-refractivity contribution < 1.29 is 4.79 Å². The van der Waals surface area contributed by atoms with Gasteiger partial charge >= 0.3 is 0 Å². The molecule has 2 aliphatic rings. The molecule has 2 saturated heterocycles. The number of hydrogen-bond acceptors (Lipinski definition) is 3. The molecule has 2 rings (SSSR count). The van der Waals surface area contributed by atoms with Crippen molar-refractivity contribution in [2.24, 2.45) is 5.92 Å². The van der Waals surface area contributed by atoms with Crippen LogP contribution in [0.15, 0.2) is 0 Å². The smallest absolute Gasteiger partial charge is 0.225 e. The minimum absolute atomic E-state index is 0.0000698. The molecule has 0 aromatic carbocycles. The third-order valence-corrected chi connectivity index (χ3v) is 5.06. The zero-order valence-electron chi connectivity index (χ0n) is 14.2. The van der Waals surface area contributed by atoms with Crippen molar-refractivity contribution >= 4 is 5.91 Å². The fourth-order valence-corrected chi connectivity index (χ4v) is 3.79. The minimum Gasteiger partial charge on any atom is -0.333 e. The van der Waals surface area contributed by atoms with E-state index in [4.69, 9.17) is 0 Å². The Morgan fingerprint density at radius 1 is 1.29 bits per heavy atom. The second-order valence-electron chi connectivity index (χ2n) is 7.65. The highest BCUT2D eigenvalue weighted by molar-refractivity contribution is 5.79. The van der Waals surface area contributed by atoms with E-state index in [1.807, 2.05) is 13.8 Å². The Hall–Kier alpha value is -0.610. The summed E-state index contributed by atoms with van der Waals surface area (Å²) in [4.78, 5) is 14.9. The number of amides is 1. The van der Waals surface area contributed by atoms with Gasteiger partial charge in [-0.15, -0.1) is 0 Å². The molecular formula is C17H33N3O. The van der Waals surface area contributed by atoms with Crippen molar-refractivity contribution in [3.63, 3.8) is 0 Å². The minimum atomic E-state index is 0.0000698. The molecule has 1 unspecified atom stereocenters. The van der Waals surface area contributed by atoms with Gasteiger partial charge in [0.2, 0.25) is 5.91 Å². The molecule has 0 saturated carbocycles. The highest BCUT2D eigenvalue weighted by atomic mass is 16.2. The lowest BCUT2D eigenvalue weighted by Gasteiger charge is -2.49. The van der Waals surface area contributed by atoms with Crippen LogP contribution < -0.4 is 10.6 Å². The summed E-state index contributed by atoms with van der Waals surface area (Å²) >= 11 is 0. The van der Waals surface area contributed by atoms with Crippen LogP contribution in [0, 0.1) is 5.92 Å². The highest BCUT2D eigenvalue weighted by Gasteiger charge is 2.40. The van der Waals surface area contributed by atoms with Crippen molar-refractivity contribution in [3.05, 3.63) is 0 Å². The van der Waals surface area contributed by atoms with Crippen molar-refractivity contribution in [3.8, 4) is 0 Å². The quantitative estimate of drug-likeness (QED) is 0.835. The summed E-state index contributed by atoms with van der Waals surface area (Å²) in [6.07, 6.45) is 5.89. The van der Waals surface area contributed by atoms with E-state index in [-0.39, 0.29) is 11.5 Å². The fourth-order valence-electron chi connectivity index (χ4n) is 3.79. The van der Waals surface area contributed by atoms with Gasteiger partial charge in [-0.25, -0.2) is 0 Å². The Morgan fingerprint density at radius 3 is 2.57 bits per heavy atom. The topological polar surface area (TPSA) is 44.4 Å². The molecule has 0 spiro atoms. The summed E-state index contributed by atoms with van der Waals surface area (Å²) in [5.41, 5.74) is 0.0000698. The Kier molecular flexibility index (Phi) is 5.67. The van der Waals surface area contributed by atoms with Gasteiger partial charge in [0.1, 0.15) is 0 Å². The van der Waals surface area contributed by atoms with Crippen LogP contribution in [0.2, 0.25) is 0 Å². The van der Waals surface area contributed by atoms with E-state index in [0.717, 1.165) is 32.5 Å². The van der Waals surface area contributed by atoms with Crippen molar-refractivity contribution in [2.45, 2.75) is 77.4 Å². The number of nitrogens with one attached hydrogen (secondary N) is 2. The van der Waals surface area contributed by atoms with Crippen LogP contribution in [0.3, 0.4) is 0 Å². The maximum Gasteiger partial charge on any atom is 0.225 e. The predicted molar refractivity (Wildman–Crippen MR) is 87.3 cm³/mol. The number of carbonyl (C=O) groups is 1. The van der Waals surface area contributed by atoms with Gasteiger partial charge in [-0.3, -0.25) is 4.79 Å². The second kappa shape index (κ2) is 7.10. The van der Waals surface area contributed by atoms with E-state index < -0.39 is 0 Å². The molecule has 0 radical (unpaired) electrons. The molecule has 2 aliphatic heterocycles. The van der Waals surface area contributed by atoms with Crippen molar-refractivity contribution in [2.75, 3.05) is 19.6 Å². The summed E-state index contributed by atoms with van der Waals surface area (Å²) in [5, 5.41) is 7.12. The fraction of sp³-hybridized carbons (Fsp3) is 0.941. The van der Waals surface area contributed by atoms with E-state index >= 15 is 0 Å². The Balaban J connectivity index is 1.98. The number of likely N-dealkylation sites (tertiary alicyclic amines) is 1. The van der Waals surface area contributed by atoms with Gasteiger partial charge in [-0.2, -0.15) is 0 Å². The van der Waals surface area contributed by atoms with Gasteiger partial charge in [-0.1, -0.05) is 13.8 Å². The molecular weight excluding hydrogens is 262 g/mol. The van der Waals surface area contributed by atoms with E-state index in [0.29, 0.717) is 18.0 Å². The first kappa shape index (κ1) is 16.8. The lowest BCUT2D eigenvalue weighted by molar-refractivity contribution is -0.146. The van der Waals surface area contributed by atoms with Gasteiger partial charge in [0, 0.05) is 30.1 Å². The predicted octanol–water partition coefficient (Wildman–Crippen LogP) is 2.14. The van der Waals surface area contributed by atoms with Crippen LogP contribution in [0.1, 0.15) is 59.8 Å². The van der Waals surface area contributed by atoms with Crippen LogP contribution in [0.5, 0.6) is 0 Å². The zero-order valence-corrected chi connectivity index (χ0v) is 14.2. The number of nitrogens with zero attached hydrogens (tertiary/aromatic N) is 1. The molecule has 2 heterocycles. The average molecular weight is 295 g/mol. The molecule has 4 nitrogen and oxygen atoms in total. The molecule has 4 heteroatoms. The largest absolute Gasteiger partial charge is 0.333 e. The first-order valence-corrected chi connectivity index (χ1v) is 8.69. The molecule has 1 amide bonds. The molecule has 122 valence electrons. The number of hydrogen-bond donors (Lipinski definition) is 2. The van der Waals surface area contributed by atoms with Crippen LogP contribution in [-0.4, -0.2) is 48.1 Å². The van der Waals surface area contributed by atoms with E-state index in [1.165, 1.54) is 19.3 Å². The SMILES string of the molecule is CC(C)C(=O)N1C(CNC2CCNCC2)CCCC1(C)C. The lowest BCUT2D eigenvalue weighted by Crippen LogP contribution is -2.60. The molecule has 2 fully saturated rings. The van der Waals surface area contributed by atoms with E-state index in [1.54, 1.807) is 0 Å². The monoisotopic (exact) mass is 295 g/mol. The van der Waals surface area contributed by atoms with Crippen LogP contribution in [0.4, 0.5) is 0 Å². The van der Waals surface area contributed by atoms with E-state index in [2.05, 4.69) is 29.4 Å². The summed E-state index contributed by atoms with van der Waals surface area (Å²) in [5.74, 6) is 0.403. The molecule has 0 aliphatic carbocycles. The normalized spacial score (nSPS) is 27.1. The molecule has 21 heavy (non-hydrogen) atoms. The summed E-state index contributed by atoms with van der Waals surface area (Å²) in [7, 11) is 0. The maximum atomic E-state index is 12.7. The number of piperidine rings is 2. The van der Waals surface area contributed by atoms with Crippen LogP contribution in [-0.2, 0) is 4.79 Å². The third kappa shape index (κ3) is 4.19. The van der Waals surface area contributed by atoms with Crippen LogP contribution >= 0.6 is 0 Å². The van der Waals surface area contributed by atoms with Gasteiger partial charge in [0.05, 0.1) is 0 Å². The Labute approximate surface area is 130 Å². The summed E-state index contributed by atoms with van der Waals surface area (Å²) < 4.78 is 0. The van der Waals surface area contributed by atoms with Crippen molar-refractivity contribution in [1.82, 2.24) is 15.5 Å². The van der Waals surface area contributed by atoms with Gasteiger partial charge < -0.3 is 15.5 Å². The molecule has 0 bridgehead atoms. The van der Waals surface area contributed by atoms with Gasteiger partial charge in [-0.05, 0) is 59.0 Å². The van der Waals surface area contributed by atoms with Crippen molar-refractivity contribution in [1.29, 1.82) is 0 Å². The molecule has 1 atom stereocenters. The van der Waals surface area contributed by atoms with Crippen LogP contribution in [0.25, 0.3) is 0 Å². The lowest BCUT2D eigenvalue weighted by atomic mass is 9.85. The van der Waals surface area contributed by atoms with Gasteiger partial charge in [0.25, 0.3) is 0 Å². The third-order valence-electron chi connectivity index (χ3n) is 5.06. The number of carbonyl (C=O) groups excluding carboxylic acids is 1. The Bertz CT molecular complexity index is 348. The second-order valence-corrected chi connectivity index (χ2v) is 7.65. The standard InChI is InChI=1S/C17H33N3O/c1-13(2)16(21)20-15(6-5-9-17(20,3)4)12-19-14-7-10-18-11-8-14/h13-15,18-19H,5-12H2,1-4H3. The zero-order chi connectivity index (χ0) is 15.5. The first-order chi connectivity index (χ1) is 9.92. The summed E-state index contributed by atoms with van der Waals surface area (Å²) in [6, 6.07) is 0.978. The first-order valence-electron chi connectivity index (χ1n) is 8.69. The van der Waals surface area contributed by atoms with E-state index in [9.17, 15) is 4.79 Å². The molecule has 0 aromatic heterocycles.